The number of unbranched alkanes of at least 4 members (excludes halogenated alkanes) is 5. The van der Waals surface area contributed by atoms with Crippen LogP contribution in [0.5, 0.6) is 0 Å². The highest BCUT2D eigenvalue weighted by Gasteiger charge is 2.22. The molecule has 1 fully saturated rings. The summed E-state index contributed by atoms with van der Waals surface area (Å²) in [5.41, 5.74) is 2.97. The van der Waals surface area contributed by atoms with Gasteiger partial charge in [0.15, 0.2) is 0 Å². The summed E-state index contributed by atoms with van der Waals surface area (Å²) in [5.74, 6) is 0.617. The average molecular weight is 317 g/mol. The molecule has 1 aromatic rings. The van der Waals surface area contributed by atoms with Crippen molar-refractivity contribution in [2.75, 3.05) is 6.61 Å². The summed E-state index contributed by atoms with van der Waals surface area (Å²) in [4.78, 5) is 0. The minimum absolute atomic E-state index is 0.524. The van der Waals surface area contributed by atoms with Gasteiger partial charge in [-0.3, -0.25) is 0 Å². The topological polar surface area (TPSA) is 9.23 Å². The highest BCUT2D eigenvalue weighted by molar-refractivity contribution is 5.26. The smallest absolute Gasteiger partial charge is 0.0575 e. The lowest BCUT2D eigenvalue weighted by molar-refractivity contribution is -0.00212. The van der Waals surface area contributed by atoms with Crippen LogP contribution in [0.2, 0.25) is 0 Å². The highest BCUT2D eigenvalue weighted by Crippen LogP contribution is 2.30. The molecule has 1 aromatic carbocycles. The fourth-order valence-corrected chi connectivity index (χ4v) is 3.63. The van der Waals surface area contributed by atoms with E-state index in [2.05, 4.69) is 38.1 Å². The Morgan fingerprint density at radius 2 is 1.61 bits per heavy atom. The van der Waals surface area contributed by atoms with Crippen molar-refractivity contribution in [3.8, 4) is 0 Å². The first-order valence-electron chi connectivity index (χ1n) is 10.0. The minimum Gasteiger partial charge on any atom is -0.378 e. The second kappa shape index (κ2) is 10.9. The molecule has 0 saturated carbocycles. The van der Waals surface area contributed by atoms with E-state index in [1.165, 1.54) is 81.8 Å². The van der Waals surface area contributed by atoms with E-state index in [1.54, 1.807) is 0 Å². The Morgan fingerprint density at radius 3 is 2.26 bits per heavy atom. The van der Waals surface area contributed by atoms with Crippen molar-refractivity contribution in [2.24, 2.45) is 0 Å². The Bertz CT molecular complexity index is 400. The molecular formula is C22H36O. The predicted octanol–water partition coefficient (Wildman–Crippen LogP) is 6.65. The fraction of sp³-hybridized carbons (Fsp3) is 0.727. The van der Waals surface area contributed by atoms with Gasteiger partial charge in [0.05, 0.1) is 12.7 Å². The molecule has 1 aliphatic rings. The second-order valence-electron chi connectivity index (χ2n) is 7.28. The lowest BCUT2D eigenvalue weighted by Crippen LogP contribution is -2.24. The average Bonchev–Trinajstić information content (AvgIpc) is 2.60. The van der Waals surface area contributed by atoms with Crippen molar-refractivity contribution in [1.29, 1.82) is 0 Å². The van der Waals surface area contributed by atoms with Gasteiger partial charge in [-0.05, 0) is 43.2 Å². The van der Waals surface area contributed by atoms with Gasteiger partial charge in [-0.15, -0.1) is 0 Å². The van der Waals surface area contributed by atoms with Crippen molar-refractivity contribution >= 4 is 0 Å². The first-order valence-corrected chi connectivity index (χ1v) is 10.0. The fourth-order valence-electron chi connectivity index (χ4n) is 3.63. The van der Waals surface area contributed by atoms with E-state index < -0.39 is 0 Å². The Morgan fingerprint density at radius 1 is 0.870 bits per heavy atom. The third-order valence-electron chi connectivity index (χ3n) is 5.27. The Labute approximate surface area is 143 Å². The molecule has 0 aromatic heterocycles. The molecule has 1 heteroatoms. The number of aryl methyl sites for hydroxylation is 1. The van der Waals surface area contributed by atoms with Crippen LogP contribution in [0.4, 0.5) is 0 Å². The van der Waals surface area contributed by atoms with E-state index >= 15 is 0 Å². The van der Waals surface area contributed by atoms with E-state index in [4.69, 9.17) is 4.74 Å². The molecule has 2 unspecified atom stereocenters. The molecule has 130 valence electrons. The van der Waals surface area contributed by atoms with Gasteiger partial charge in [0, 0.05) is 5.92 Å². The van der Waals surface area contributed by atoms with Gasteiger partial charge in [-0.1, -0.05) is 76.6 Å². The summed E-state index contributed by atoms with van der Waals surface area (Å²) >= 11 is 0. The SMILES string of the molecule is CCCCCCC1CCC(c2ccc(CCCCC)cc2)CO1. The lowest BCUT2D eigenvalue weighted by atomic mass is 9.89. The van der Waals surface area contributed by atoms with E-state index in [1.807, 2.05) is 0 Å². The second-order valence-corrected chi connectivity index (χ2v) is 7.28. The summed E-state index contributed by atoms with van der Waals surface area (Å²) in [6.07, 6.45) is 14.9. The zero-order valence-corrected chi connectivity index (χ0v) is 15.4. The summed E-state index contributed by atoms with van der Waals surface area (Å²) in [6.45, 7) is 5.47. The van der Waals surface area contributed by atoms with E-state index in [9.17, 15) is 0 Å². The van der Waals surface area contributed by atoms with Crippen molar-refractivity contribution in [3.63, 3.8) is 0 Å². The van der Waals surface area contributed by atoms with Crippen LogP contribution in [0.1, 0.15) is 95.1 Å². The van der Waals surface area contributed by atoms with E-state index in [0.717, 1.165) is 6.61 Å². The van der Waals surface area contributed by atoms with Gasteiger partial charge >= 0.3 is 0 Å². The van der Waals surface area contributed by atoms with Gasteiger partial charge in [-0.2, -0.15) is 0 Å². The van der Waals surface area contributed by atoms with Crippen LogP contribution in [-0.2, 0) is 11.2 Å². The van der Waals surface area contributed by atoms with Crippen molar-refractivity contribution in [3.05, 3.63) is 35.4 Å². The number of benzene rings is 1. The maximum absolute atomic E-state index is 6.13. The molecule has 0 amide bonds. The lowest BCUT2D eigenvalue weighted by Gasteiger charge is -2.29. The molecule has 1 heterocycles. The van der Waals surface area contributed by atoms with Crippen LogP contribution in [-0.4, -0.2) is 12.7 Å². The zero-order valence-electron chi connectivity index (χ0n) is 15.4. The summed E-state index contributed by atoms with van der Waals surface area (Å²) in [5, 5.41) is 0. The highest BCUT2D eigenvalue weighted by atomic mass is 16.5. The molecule has 2 atom stereocenters. The van der Waals surface area contributed by atoms with E-state index in [0.29, 0.717) is 12.0 Å². The first kappa shape index (κ1) is 18.5. The van der Waals surface area contributed by atoms with Crippen molar-refractivity contribution in [1.82, 2.24) is 0 Å². The van der Waals surface area contributed by atoms with E-state index in [-0.39, 0.29) is 0 Å². The van der Waals surface area contributed by atoms with Crippen LogP contribution in [0.25, 0.3) is 0 Å². The van der Waals surface area contributed by atoms with Gasteiger partial charge in [0.2, 0.25) is 0 Å². The van der Waals surface area contributed by atoms with Crippen LogP contribution >= 0.6 is 0 Å². The normalized spacial score (nSPS) is 21.5. The largest absolute Gasteiger partial charge is 0.378 e. The molecule has 2 rings (SSSR count). The number of hydrogen-bond acceptors (Lipinski definition) is 1. The summed E-state index contributed by atoms with van der Waals surface area (Å²) in [6, 6.07) is 9.36. The van der Waals surface area contributed by atoms with Crippen LogP contribution < -0.4 is 0 Å². The van der Waals surface area contributed by atoms with Gasteiger partial charge in [0.25, 0.3) is 0 Å². The van der Waals surface area contributed by atoms with Crippen LogP contribution in [0.15, 0.2) is 24.3 Å². The molecule has 0 radical (unpaired) electrons. The van der Waals surface area contributed by atoms with Gasteiger partial charge in [0.1, 0.15) is 0 Å². The van der Waals surface area contributed by atoms with Crippen LogP contribution in [0.3, 0.4) is 0 Å². The van der Waals surface area contributed by atoms with Gasteiger partial charge in [-0.25, -0.2) is 0 Å². The Kier molecular flexibility index (Phi) is 8.74. The number of hydrogen-bond donors (Lipinski definition) is 0. The first-order chi connectivity index (χ1) is 11.3. The third-order valence-corrected chi connectivity index (χ3v) is 5.27. The third kappa shape index (κ3) is 6.67. The minimum atomic E-state index is 0.524. The quantitative estimate of drug-likeness (QED) is 0.439. The molecular weight excluding hydrogens is 280 g/mol. The molecule has 1 saturated heterocycles. The van der Waals surface area contributed by atoms with Crippen molar-refractivity contribution < 1.29 is 4.74 Å². The maximum Gasteiger partial charge on any atom is 0.0575 e. The van der Waals surface area contributed by atoms with Gasteiger partial charge < -0.3 is 4.74 Å². The van der Waals surface area contributed by atoms with Crippen molar-refractivity contribution in [2.45, 2.75) is 96.5 Å². The molecule has 0 N–H and O–H groups in total. The molecule has 23 heavy (non-hydrogen) atoms. The molecule has 0 spiro atoms. The van der Waals surface area contributed by atoms with Crippen LogP contribution in [0, 0.1) is 0 Å². The monoisotopic (exact) mass is 316 g/mol. The molecule has 0 bridgehead atoms. The Hall–Kier alpha value is -0.820. The predicted molar refractivity (Wildman–Crippen MR) is 100 cm³/mol. The Balaban J connectivity index is 1.70. The summed E-state index contributed by atoms with van der Waals surface area (Å²) < 4.78 is 6.13. The molecule has 0 aliphatic carbocycles. The maximum atomic E-state index is 6.13. The standard InChI is InChI=1S/C22H36O/c1-3-5-7-9-11-22-17-16-21(18-23-22)20-14-12-19(13-15-20)10-8-6-4-2/h12-15,21-22H,3-11,16-18H2,1-2H3. The molecule has 1 nitrogen and oxygen atoms in total. The number of ether oxygens (including phenoxy) is 1. The number of rotatable bonds is 10. The zero-order chi connectivity index (χ0) is 16.3. The molecule has 1 aliphatic heterocycles. The summed E-state index contributed by atoms with van der Waals surface area (Å²) in [7, 11) is 0.